The van der Waals surface area contributed by atoms with Crippen LogP contribution in [0.15, 0.2) is 5.16 Å². The first-order valence-corrected chi connectivity index (χ1v) is 3.29. The van der Waals surface area contributed by atoms with Gasteiger partial charge in [0.25, 0.3) is 0 Å². The molecule has 10 heavy (non-hydrogen) atoms. The summed E-state index contributed by atoms with van der Waals surface area (Å²) in [5.41, 5.74) is 5.26. The Morgan fingerprint density at radius 1 is 1.80 bits per heavy atom. The van der Waals surface area contributed by atoms with Crippen LogP contribution in [0.1, 0.15) is 12.8 Å². The molecule has 1 rings (SSSR count). The molecule has 0 spiro atoms. The zero-order valence-corrected chi connectivity index (χ0v) is 5.62. The second-order valence-electron chi connectivity index (χ2n) is 2.20. The largest absolute Gasteiger partial charge is 0.343 e. The Kier molecular flexibility index (Phi) is 2.39. The quantitative estimate of drug-likeness (QED) is 0.559. The van der Waals surface area contributed by atoms with Crippen LogP contribution in [0.5, 0.6) is 0 Å². The first-order valence-electron chi connectivity index (χ1n) is 3.29. The molecule has 56 valence electrons. The van der Waals surface area contributed by atoms with Crippen LogP contribution in [0.25, 0.3) is 0 Å². The second-order valence-corrected chi connectivity index (χ2v) is 2.20. The van der Waals surface area contributed by atoms with Crippen molar-refractivity contribution in [1.82, 2.24) is 0 Å². The molecule has 0 aliphatic carbocycles. The van der Waals surface area contributed by atoms with Crippen LogP contribution in [0, 0.1) is 5.92 Å². The zero-order valence-electron chi connectivity index (χ0n) is 5.62. The van der Waals surface area contributed by atoms with Crippen molar-refractivity contribution in [3.8, 4) is 0 Å². The van der Waals surface area contributed by atoms with Gasteiger partial charge in [0.05, 0.1) is 12.1 Å². The van der Waals surface area contributed by atoms with E-state index >= 15 is 0 Å². The van der Waals surface area contributed by atoms with Crippen LogP contribution in [0.2, 0.25) is 0 Å². The Hall–Kier alpha value is -0.900. The first-order chi connectivity index (χ1) is 4.84. The molecule has 0 fully saturated rings. The summed E-state index contributed by atoms with van der Waals surface area (Å²) >= 11 is 0. The third kappa shape index (κ3) is 1.54. The molecule has 0 amide bonds. The Morgan fingerprint density at radius 3 is 3.10 bits per heavy atom. The maximum absolute atomic E-state index is 10.7. The monoisotopic (exact) mass is 142 g/mol. The fraction of sp³-hybridized carbons (Fsp3) is 0.667. The van der Waals surface area contributed by atoms with Crippen LogP contribution in [-0.4, -0.2) is 18.7 Å². The summed E-state index contributed by atoms with van der Waals surface area (Å²) in [5, 5.41) is 3.38. The lowest BCUT2D eigenvalue weighted by Crippen LogP contribution is -2.12. The highest BCUT2D eigenvalue weighted by Gasteiger charge is 2.22. The minimum absolute atomic E-state index is 0.149. The van der Waals surface area contributed by atoms with Gasteiger partial charge < -0.3 is 10.6 Å². The fourth-order valence-corrected chi connectivity index (χ4v) is 0.815. The molecular weight excluding hydrogens is 132 g/mol. The Morgan fingerprint density at radius 2 is 2.60 bits per heavy atom. The number of hydrogen-bond acceptors (Lipinski definition) is 4. The molecule has 0 saturated carbocycles. The molecule has 0 unspecified atom stereocenters. The van der Waals surface area contributed by atoms with Crippen LogP contribution < -0.4 is 5.73 Å². The molecule has 0 aromatic heterocycles. The number of carbonyl (C=O) groups is 1. The molecule has 1 heterocycles. The van der Waals surface area contributed by atoms with Crippen LogP contribution >= 0.6 is 0 Å². The van der Waals surface area contributed by atoms with Gasteiger partial charge in [-0.25, -0.2) is 4.79 Å². The van der Waals surface area contributed by atoms with E-state index in [-0.39, 0.29) is 11.9 Å². The molecule has 2 N–H and O–H groups in total. The summed E-state index contributed by atoms with van der Waals surface area (Å²) in [6, 6.07) is 0. The van der Waals surface area contributed by atoms with E-state index in [9.17, 15) is 4.79 Å². The predicted octanol–water partition coefficient (Wildman–Crippen LogP) is -0.116. The number of nitrogens with two attached hydrogens (primary N) is 1. The molecule has 0 saturated heterocycles. The number of oxime groups is 1. The molecule has 0 aromatic carbocycles. The van der Waals surface area contributed by atoms with Crippen LogP contribution in [0.4, 0.5) is 0 Å². The van der Waals surface area contributed by atoms with Crippen molar-refractivity contribution in [2.75, 3.05) is 6.54 Å². The van der Waals surface area contributed by atoms with Crippen molar-refractivity contribution >= 4 is 12.2 Å². The SMILES string of the molecule is NCCC[C@H]1C=NOC1=O. The number of nitrogens with zero attached hydrogens (tertiary/aromatic N) is 1. The van der Waals surface area contributed by atoms with Gasteiger partial charge >= 0.3 is 5.97 Å². The van der Waals surface area contributed by atoms with Crippen LogP contribution in [-0.2, 0) is 9.63 Å². The van der Waals surface area contributed by atoms with E-state index in [0.717, 1.165) is 12.8 Å². The van der Waals surface area contributed by atoms with Gasteiger partial charge in [0, 0.05) is 0 Å². The van der Waals surface area contributed by atoms with Gasteiger partial charge in [-0.05, 0) is 19.4 Å². The van der Waals surface area contributed by atoms with Crippen molar-refractivity contribution in [3.05, 3.63) is 0 Å². The molecule has 1 aliphatic heterocycles. The van der Waals surface area contributed by atoms with Gasteiger partial charge in [-0.1, -0.05) is 5.16 Å². The summed E-state index contributed by atoms with van der Waals surface area (Å²) < 4.78 is 0. The van der Waals surface area contributed by atoms with E-state index in [1.165, 1.54) is 6.21 Å². The first kappa shape index (κ1) is 7.21. The smallest absolute Gasteiger partial charge is 0.330 e. The molecule has 1 atom stereocenters. The molecular formula is C6H10N2O2. The minimum atomic E-state index is -0.256. The summed E-state index contributed by atoms with van der Waals surface area (Å²) in [6.45, 7) is 0.609. The van der Waals surface area contributed by atoms with Gasteiger partial charge in [0.1, 0.15) is 0 Å². The topological polar surface area (TPSA) is 64.7 Å². The van der Waals surface area contributed by atoms with Gasteiger partial charge in [-0.2, -0.15) is 0 Å². The van der Waals surface area contributed by atoms with Crippen molar-refractivity contribution < 1.29 is 9.63 Å². The zero-order chi connectivity index (χ0) is 7.40. The molecule has 0 aromatic rings. The van der Waals surface area contributed by atoms with Gasteiger partial charge in [0.15, 0.2) is 0 Å². The minimum Gasteiger partial charge on any atom is -0.330 e. The van der Waals surface area contributed by atoms with Crippen molar-refractivity contribution in [2.45, 2.75) is 12.8 Å². The Bertz CT molecular complexity index is 156. The van der Waals surface area contributed by atoms with Gasteiger partial charge in [-0.3, -0.25) is 0 Å². The van der Waals surface area contributed by atoms with Crippen molar-refractivity contribution in [3.63, 3.8) is 0 Å². The summed E-state index contributed by atoms with van der Waals surface area (Å²) in [4.78, 5) is 15.0. The third-order valence-corrected chi connectivity index (χ3v) is 1.41. The molecule has 1 aliphatic rings. The van der Waals surface area contributed by atoms with E-state index in [2.05, 4.69) is 9.99 Å². The summed E-state index contributed by atoms with van der Waals surface area (Å²) in [5.74, 6) is -0.406. The lowest BCUT2D eigenvalue weighted by atomic mass is 10.1. The van der Waals surface area contributed by atoms with Gasteiger partial charge in [-0.15, -0.1) is 0 Å². The highest BCUT2D eigenvalue weighted by atomic mass is 16.7. The maximum atomic E-state index is 10.7. The van der Waals surface area contributed by atoms with E-state index in [4.69, 9.17) is 5.73 Å². The Labute approximate surface area is 59.0 Å². The Balaban J connectivity index is 2.27. The number of hydrogen-bond donors (Lipinski definition) is 1. The average molecular weight is 142 g/mol. The standard InChI is InChI=1S/C6H10N2O2/c7-3-1-2-5-4-8-10-6(5)9/h4-5H,1-3,7H2/t5-/m0/s1. The fourth-order valence-electron chi connectivity index (χ4n) is 0.815. The van der Waals surface area contributed by atoms with E-state index < -0.39 is 0 Å². The molecule has 0 bridgehead atoms. The lowest BCUT2D eigenvalue weighted by molar-refractivity contribution is -0.143. The van der Waals surface area contributed by atoms with Crippen molar-refractivity contribution in [2.24, 2.45) is 16.8 Å². The summed E-state index contributed by atoms with van der Waals surface area (Å²) in [6.07, 6.45) is 3.11. The van der Waals surface area contributed by atoms with Gasteiger partial charge in [0.2, 0.25) is 0 Å². The molecule has 4 heteroatoms. The second kappa shape index (κ2) is 3.31. The molecule has 0 radical (unpaired) electrons. The van der Waals surface area contributed by atoms with E-state index in [0.29, 0.717) is 6.54 Å². The average Bonchev–Trinajstić information content (AvgIpc) is 2.31. The van der Waals surface area contributed by atoms with E-state index in [1.54, 1.807) is 0 Å². The number of rotatable bonds is 3. The maximum Gasteiger partial charge on any atom is 0.343 e. The van der Waals surface area contributed by atoms with Crippen LogP contribution in [0.3, 0.4) is 0 Å². The number of carbonyl (C=O) groups excluding carboxylic acids is 1. The third-order valence-electron chi connectivity index (χ3n) is 1.41. The normalized spacial score (nSPS) is 23.3. The lowest BCUT2D eigenvalue weighted by Gasteiger charge is -1.98. The highest BCUT2D eigenvalue weighted by molar-refractivity contribution is 5.92. The van der Waals surface area contributed by atoms with E-state index in [1.807, 2.05) is 0 Å². The highest BCUT2D eigenvalue weighted by Crippen LogP contribution is 2.10. The predicted molar refractivity (Wildman–Crippen MR) is 36.4 cm³/mol. The summed E-state index contributed by atoms with van der Waals surface area (Å²) in [7, 11) is 0. The molecule has 4 nitrogen and oxygen atoms in total. The van der Waals surface area contributed by atoms with Crippen molar-refractivity contribution in [1.29, 1.82) is 0 Å².